The third kappa shape index (κ3) is 4.09. The van der Waals surface area contributed by atoms with Crippen LogP contribution in [0.3, 0.4) is 0 Å². The molecule has 0 aliphatic heterocycles. The van der Waals surface area contributed by atoms with Crippen LogP contribution in [0, 0.1) is 5.82 Å². The minimum Gasteiger partial charge on any atom is -0.297 e. The van der Waals surface area contributed by atoms with Crippen LogP contribution in [0.25, 0.3) is 0 Å². The number of hydrogen-bond donors (Lipinski definition) is 0. The maximum Gasteiger partial charge on any atom is 0.330 e. The van der Waals surface area contributed by atoms with E-state index < -0.39 is 24.3 Å². The summed E-state index contributed by atoms with van der Waals surface area (Å²) in [5, 5.41) is 3.78. The van der Waals surface area contributed by atoms with Crippen LogP contribution >= 0.6 is 7.26 Å². The molecule has 4 rings (SSSR count). The Morgan fingerprint density at radius 1 is 0.750 bits per heavy atom. The predicted octanol–water partition coefficient (Wildman–Crippen LogP) is 3.07. The van der Waals surface area contributed by atoms with Gasteiger partial charge in [0.2, 0.25) is 5.82 Å². The summed E-state index contributed by atoms with van der Waals surface area (Å²) in [6.07, 6.45) is 2.49. The van der Waals surface area contributed by atoms with Gasteiger partial charge < -0.3 is 0 Å². The molecule has 1 heterocycles. The number of benzene rings is 3. The van der Waals surface area contributed by atoms with Gasteiger partial charge in [-0.25, -0.2) is 4.79 Å². The topological polar surface area (TPSA) is 44.0 Å². The van der Waals surface area contributed by atoms with Crippen molar-refractivity contribution in [3.05, 3.63) is 124 Å². The highest BCUT2D eigenvalue weighted by Crippen LogP contribution is 2.55. The fourth-order valence-electron chi connectivity index (χ4n) is 4.21. The van der Waals surface area contributed by atoms with Crippen molar-refractivity contribution < 1.29 is 4.39 Å². The van der Waals surface area contributed by atoms with Crippen LogP contribution < -0.4 is 27.2 Å². The van der Waals surface area contributed by atoms with Crippen molar-refractivity contribution >= 4 is 23.2 Å². The zero-order valence-corrected chi connectivity index (χ0v) is 18.8. The highest BCUT2D eigenvalue weighted by molar-refractivity contribution is 7.95. The Bertz CT molecular complexity index is 1210. The van der Waals surface area contributed by atoms with E-state index in [9.17, 15) is 14.0 Å². The van der Waals surface area contributed by atoms with Crippen molar-refractivity contribution in [2.45, 2.75) is 13.0 Å². The molecule has 0 fully saturated rings. The predicted molar refractivity (Wildman–Crippen MR) is 131 cm³/mol. The third-order valence-electron chi connectivity index (χ3n) is 5.79. The van der Waals surface area contributed by atoms with E-state index in [0.29, 0.717) is 13.0 Å². The van der Waals surface area contributed by atoms with Gasteiger partial charge in [0.1, 0.15) is 23.2 Å². The fraction of sp³-hybridized carbons (Fsp3) is 0.154. The van der Waals surface area contributed by atoms with Gasteiger partial charge in [-0.3, -0.25) is 13.9 Å². The van der Waals surface area contributed by atoms with Crippen LogP contribution in [0.2, 0.25) is 0 Å². The number of nitrogens with zero attached hydrogens (tertiary/aromatic N) is 2. The summed E-state index contributed by atoms with van der Waals surface area (Å²) in [6.45, 7) is 0.331. The number of halogens is 1. The van der Waals surface area contributed by atoms with E-state index in [1.807, 2.05) is 18.2 Å². The van der Waals surface area contributed by atoms with Crippen LogP contribution in [0.15, 0.2) is 107 Å². The minimum absolute atomic E-state index is 0.331. The van der Waals surface area contributed by atoms with E-state index in [4.69, 9.17) is 0 Å². The Hall–Kier alpha value is -3.30. The number of hydrogen-bond acceptors (Lipinski definition) is 2. The molecule has 1 aromatic heterocycles. The van der Waals surface area contributed by atoms with E-state index in [1.54, 1.807) is 0 Å². The van der Waals surface area contributed by atoms with E-state index >= 15 is 0 Å². The van der Waals surface area contributed by atoms with Crippen molar-refractivity contribution in [3.63, 3.8) is 0 Å². The smallest absolute Gasteiger partial charge is 0.297 e. The van der Waals surface area contributed by atoms with E-state index in [1.165, 1.54) is 27.5 Å². The molecular formula is C26H25FN2O2P+. The lowest BCUT2D eigenvalue weighted by Gasteiger charge is -2.27. The molecular weight excluding hydrogens is 422 g/mol. The molecule has 4 nitrogen and oxygen atoms in total. The quantitative estimate of drug-likeness (QED) is 0.409. The number of aromatic nitrogens is 2. The van der Waals surface area contributed by atoms with Crippen molar-refractivity contribution in [1.29, 1.82) is 0 Å². The monoisotopic (exact) mass is 447 g/mol. The molecule has 0 aliphatic carbocycles. The molecule has 162 valence electrons. The molecule has 0 saturated carbocycles. The summed E-state index contributed by atoms with van der Waals surface area (Å²) in [5.74, 6) is -0.915. The first-order chi connectivity index (χ1) is 15.5. The first-order valence-electron chi connectivity index (χ1n) is 10.5. The summed E-state index contributed by atoms with van der Waals surface area (Å²) in [5.41, 5.74) is -1.40. The van der Waals surface area contributed by atoms with Gasteiger partial charge in [0.15, 0.2) is 0 Å². The average molecular weight is 447 g/mol. The summed E-state index contributed by atoms with van der Waals surface area (Å²) < 4.78 is 16.1. The van der Waals surface area contributed by atoms with Crippen molar-refractivity contribution in [2.75, 3.05) is 6.16 Å². The second-order valence-electron chi connectivity index (χ2n) is 7.71. The second kappa shape index (κ2) is 9.46. The van der Waals surface area contributed by atoms with E-state index in [-0.39, 0.29) is 0 Å². The van der Waals surface area contributed by atoms with Crippen molar-refractivity contribution in [3.8, 4) is 0 Å². The summed E-state index contributed by atoms with van der Waals surface area (Å²) in [4.78, 5) is 24.2. The Balaban J connectivity index is 1.79. The van der Waals surface area contributed by atoms with E-state index in [2.05, 4.69) is 72.8 Å². The SMILES string of the molecule is Cn1c(=O)c(F)cn(CCC[P+](c2ccccc2)(c2ccccc2)c2ccccc2)c1=O. The second-order valence-corrected chi connectivity index (χ2v) is 11.3. The Labute approximate surface area is 186 Å². The van der Waals surface area contributed by atoms with Crippen molar-refractivity contribution in [1.82, 2.24) is 9.13 Å². The Kier molecular flexibility index (Phi) is 6.48. The molecule has 0 saturated heterocycles. The standard InChI is InChI=1S/C26H25FN2O2P/c1-28-25(30)24(27)20-29(26(28)31)18-11-19-32(21-12-5-2-6-13-21,22-14-7-3-8-15-22)23-16-9-4-10-17-23/h2-10,12-17,20H,11,18-19H2,1H3/q+1. The molecule has 0 N–H and O–H groups in total. The highest BCUT2D eigenvalue weighted by Gasteiger charge is 2.44. The maximum absolute atomic E-state index is 14.0. The zero-order valence-electron chi connectivity index (χ0n) is 17.9. The summed E-state index contributed by atoms with van der Waals surface area (Å²) >= 11 is 0. The average Bonchev–Trinajstić information content (AvgIpc) is 2.85. The lowest BCUT2D eigenvalue weighted by atomic mass is 10.3. The molecule has 6 heteroatoms. The first kappa shape index (κ1) is 21.9. The van der Waals surface area contributed by atoms with Gasteiger partial charge in [-0.05, 0) is 36.4 Å². The molecule has 0 radical (unpaired) electrons. The first-order valence-corrected chi connectivity index (χ1v) is 12.5. The fourth-order valence-corrected chi connectivity index (χ4v) is 8.54. The molecule has 0 atom stereocenters. The molecule has 0 spiro atoms. The largest absolute Gasteiger partial charge is 0.330 e. The Morgan fingerprint density at radius 3 is 1.62 bits per heavy atom. The Morgan fingerprint density at radius 2 is 1.19 bits per heavy atom. The molecule has 0 aliphatic rings. The lowest BCUT2D eigenvalue weighted by Crippen LogP contribution is -2.39. The van der Waals surface area contributed by atoms with Crippen LogP contribution in [0.4, 0.5) is 4.39 Å². The van der Waals surface area contributed by atoms with Gasteiger partial charge in [-0.15, -0.1) is 0 Å². The van der Waals surface area contributed by atoms with Gasteiger partial charge in [-0.2, -0.15) is 4.39 Å². The third-order valence-corrected chi connectivity index (χ3v) is 10.3. The van der Waals surface area contributed by atoms with Gasteiger partial charge in [-0.1, -0.05) is 54.6 Å². The van der Waals surface area contributed by atoms with Gasteiger partial charge in [0, 0.05) is 20.0 Å². The zero-order chi connectivity index (χ0) is 22.6. The van der Waals surface area contributed by atoms with Crippen LogP contribution in [0.5, 0.6) is 0 Å². The molecule has 0 unspecified atom stereocenters. The van der Waals surface area contributed by atoms with Gasteiger partial charge in [0.25, 0.3) is 5.56 Å². The minimum atomic E-state index is -2.02. The molecule has 32 heavy (non-hydrogen) atoms. The van der Waals surface area contributed by atoms with Crippen LogP contribution in [-0.2, 0) is 13.6 Å². The summed E-state index contributed by atoms with van der Waals surface area (Å²) in [6, 6.07) is 31.4. The number of aryl methyl sites for hydroxylation is 1. The normalized spacial score (nSPS) is 11.4. The molecule has 0 bridgehead atoms. The summed E-state index contributed by atoms with van der Waals surface area (Å²) in [7, 11) is -0.711. The van der Waals surface area contributed by atoms with Crippen molar-refractivity contribution in [2.24, 2.45) is 7.05 Å². The lowest BCUT2D eigenvalue weighted by molar-refractivity contribution is 0.514. The molecule has 4 aromatic rings. The van der Waals surface area contributed by atoms with Gasteiger partial charge >= 0.3 is 5.69 Å². The van der Waals surface area contributed by atoms with Gasteiger partial charge in [0.05, 0.1) is 12.4 Å². The maximum atomic E-state index is 14.0. The van der Waals surface area contributed by atoms with Crippen LogP contribution in [-0.4, -0.2) is 15.3 Å². The number of rotatable bonds is 7. The van der Waals surface area contributed by atoms with Crippen LogP contribution in [0.1, 0.15) is 6.42 Å². The molecule has 3 aromatic carbocycles. The van der Waals surface area contributed by atoms with E-state index in [0.717, 1.165) is 16.9 Å². The molecule has 0 amide bonds. The highest BCUT2D eigenvalue weighted by atomic mass is 31.2.